The molecule has 1 aliphatic rings. The maximum absolute atomic E-state index is 5.90. The number of aromatic nitrogens is 1. The molecule has 1 saturated heterocycles. The van der Waals surface area contributed by atoms with Gasteiger partial charge in [-0.1, -0.05) is 12.5 Å². The lowest BCUT2D eigenvalue weighted by atomic mass is 10.1. The topological polar surface area (TPSA) is 42.1 Å². The molecule has 1 aliphatic heterocycles. The Bertz CT molecular complexity index is 330. The number of aryl methyl sites for hydroxylation is 1. The Morgan fingerprint density at radius 1 is 1.27 bits per heavy atom. The first-order chi connectivity index (χ1) is 7.25. The zero-order chi connectivity index (χ0) is 10.7. The van der Waals surface area contributed by atoms with Crippen LogP contribution in [0.5, 0.6) is 0 Å². The Morgan fingerprint density at radius 2 is 2.00 bits per heavy atom. The Morgan fingerprint density at radius 3 is 2.67 bits per heavy atom. The van der Waals surface area contributed by atoms with Crippen LogP contribution in [0.1, 0.15) is 30.5 Å². The Labute approximate surface area is 91.3 Å². The molecule has 2 N–H and O–H groups in total. The second-order valence-corrected chi connectivity index (χ2v) is 4.33. The highest BCUT2D eigenvalue weighted by Crippen LogP contribution is 2.16. The van der Waals surface area contributed by atoms with Crippen LogP contribution in [0.25, 0.3) is 0 Å². The number of likely N-dealkylation sites (tertiary alicyclic amines) is 1. The summed E-state index contributed by atoms with van der Waals surface area (Å²) in [7, 11) is 0. The quantitative estimate of drug-likeness (QED) is 0.802. The second-order valence-electron chi connectivity index (χ2n) is 4.33. The standard InChI is InChI=1S/C12H19N3/c1-10-5-6-11(12(13)14-10)9-15-7-3-2-4-8-15/h5-6H,2-4,7-9H2,1H3,(H2,13,14). The van der Waals surface area contributed by atoms with E-state index >= 15 is 0 Å². The molecule has 3 nitrogen and oxygen atoms in total. The van der Waals surface area contributed by atoms with E-state index in [1.165, 1.54) is 37.9 Å². The molecule has 2 heterocycles. The van der Waals surface area contributed by atoms with Gasteiger partial charge in [0.15, 0.2) is 0 Å². The van der Waals surface area contributed by atoms with Gasteiger partial charge < -0.3 is 5.73 Å². The highest BCUT2D eigenvalue weighted by Gasteiger charge is 2.11. The van der Waals surface area contributed by atoms with Crippen molar-refractivity contribution in [2.24, 2.45) is 0 Å². The molecule has 1 aromatic heterocycles. The van der Waals surface area contributed by atoms with E-state index < -0.39 is 0 Å². The molecule has 0 unspecified atom stereocenters. The van der Waals surface area contributed by atoms with Gasteiger partial charge in [0.1, 0.15) is 5.82 Å². The van der Waals surface area contributed by atoms with Crippen LogP contribution in [-0.2, 0) is 6.54 Å². The van der Waals surface area contributed by atoms with Crippen molar-refractivity contribution in [3.8, 4) is 0 Å². The van der Waals surface area contributed by atoms with E-state index in [1.54, 1.807) is 0 Å². The molecule has 0 aliphatic carbocycles. The first-order valence-corrected chi connectivity index (χ1v) is 5.70. The zero-order valence-corrected chi connectivity index (χ0v) is 9.37. The number of nitrogen functional groups attached to an aromatic ring is 1. The van der Waals surface area contributed by atoms with Crippen molar-refractivity contribution in [1.82, 2.24) is 9.88 Å². The zero-order valence-electron chi connectivity index (χ0n) is 9.37. The van der Waals surface area contributed by atoms with E-state index in [9.17, 15) is 0 Å². The van der Waals surface area contributed by atoms with Crippen molar-refractivity contribution in [3.05, 3.63) is 23.4 Å². The maximum atomic E-state index is 5.90. The molecule has 0 atom stereocenters. The number of anilines is 1. The summed E-state index contributed by atoms with van der Waals surface area (Å²) in [5.74, 6) is 0.695. The fourth-order valence-electron chi connectivity index (χ4n) is 2.10. The van der Waals surface area contributed by atoms with Crippen molar-refractivity contribution < 1.29 is 0 Å². The van der Waals surface area contributed by atoms with Crippen LogP contribution in [0.3, 0.4) is 0 Å². The summed E-state index contributed by atoms with van der Waals surface area (Å²) in [4.78, 5) is 6.75. The molecule has 0 saturated carbocycles. The van der Waals surface area contributed by atoms with Crippen molar-refractivity contribution in [3.63, 3.8) is 0 Å². The third-order valence-electron chi connectivity index (χ3n) is 2.99. The monoisotopic (exact) mass is 205 g/mol. The van der Waals surface area contributed by atoms with E-state index in [0.717, 1.165) is 12.2 Å². The molecule has 0 spiro atoms. The van der Waals surface area contributed by atoms with E-state index in [2.05, 4.69) is 16.0 Å². The maximum Gasteiger partial charge on any atom is 0.128 e. The number of hydrogen-bond donors (Lipinski definition) is 1. The highest BCUT2D eigenvalue weighted by atomic mass is 15.1. The summed E-state index contributed by atoms with van der Waals surface area (Å²) in [6.45, 7) is 5.33. The van der Waals surface area contributed by atoms with Crippen LogP contribution >= 0.6 is 0 Å². The molecule has 0 aromatic carbocycles. The SMILES string of the molecule is Cc1ccc(CN2CCCCC2)c(N)n1. The van der Waals surface area contributed by atoms with Crippen LogP contribution in [-0.4, -0.2) is 23.0 Å². The summed E-state index contributed by atoms with van der Waals surface area (Å²) in [5.41, 5.74) is 8.07. The summed E-state index contributed by atoms with van der Waals surface area (Å²) in [6.07, 6.45) is 4.01. The van der Waals surface area contributed by atoms with Crippen LogP contribution in [0.15, 0.2) is 12.1 Å². The van der Waals surface area contributed by atoms with Crippen molar-refractivity contribution >= 4 is 5.82 Å². The van der Waals surface area contributed by atoms with Crippen LogP contribution in [0, 0.1) is 6.92 Å². The van der Waals surface area contributed by atoms with Gasteiger partial charge >= 0.3 is 0 Å². The number of rotatable bonds is 2. The molecule has 0 radical (unpaired) electrons. The van der Waals surface area contributed by atoms with E-state index in [4.69, 9.17) is 5.73 Å². The lowest BCUT2D eigenvalue weighted by Crippen LogP contribution is -2.29. The number of piperidine rings is 1. The van der Waals surface area contributed by atoms with Gasteiger partial charge in [0.25, 0.3) is 0 Å². The molecule has 3 heteroatoms. The van der Waals surface area contributed by atoms with Crippen molar-refractivity contribution in [2.75, 3.05) is 18.8 Å². The average Bonchev–Trinajstić information content (AvgIpc) is 2.24. The summed E-state index contributed by atoms with van der Waals surface area (Å²) in [6, 6.07) is 4.14. The third kappa shape index (κ3) is 2.69. The second kappa shape index (κ2) is 4.62. The number of nitrogens with zero attached hydrogens (tertiary/aromatic N) is 2. The van der Waals surface area contributed by atoms with E-state index in [1.807, 2.05) is 13.0 Å². The molecule has 1 fully saturated rings. The lowest BCUT2D eigenvalue weighted by molar-refractivity contribution is 0.221. The van der Waals surface area contributed by atoms with Crippen molar-refractivity contribution in [1.29, 1.82) is 0 Å². The predicted molar refractivity (Wildman–Crippen MR) is 62.5 cm³/mol. The van der Waals surface area contributed by atoms with Gasteiger partial charge in [0, 0.05) is 17.8 Å². The smallest absolute Gasteiger partial charge is 0.128 e. The van der Waals surface area contributed by atoms with Gasteiger partial charge in [-0.05, 0) is 38.9 Å². The molecule has 0 bridgehead atoms. The van der Waals surface area contributed by atoms with E-state index in [0.29, 0.717) is 5.82 Å². The molecule has 0 amide bonds. The average molecular weight is 205 g/mol. The number of pyridine rings is 1. The van der Waals surface area contributed by atoms with Gasteiger partial charge in [-0.2, -0.15) is 0 Å². The molecule has 2 rings (SSSR count). The minimum atomic E-state index is 0.695. The Hall–Kier alpha value is -1.09. The largest absolute Gasteiger partial charge is 0.383 e. The molecule has 1 aromatic rings. The van der Waals surface area contributed by atoms with Gasteiger partial charge in [-0.3, -0.25) is 4.90 Å². The molecular formula is C12H19N3. The molecule has 82 valence electrons. The summed E-state index contributed by atoms with van der Waals surface area (Å²) < 4.78 is 0. The fraction of sp³-hybridized carbons (Fsp3) is 0.583. The number of nitrogens with two attached hydrogens (primary N) is 1. The van der Waals surface area contributed by atoms with Gasteiger partial charge in [-0.25, -0.2) is 4.98 Å². The van der Waals surface area contributed by atoms with Gasteiger partial charge in [-0.15, -0.1) is 0 Å². The first-order valence-electron chi connectivity index (χ1n) is 5.70. The van der Waals surface area contributed by atoms with E-state index in [-0.39, 0.29) is 0 Å². The minimum absolute atomic E-state index is 0.695. The Kier molecular flexibility index (Phi) is 3.21. The number of hydrogen-bond acceptors (Lipinski definition) is 3. The van der Waals surface area contributed by atoms with Crippen LogP contribution in [0.2, 0.25) is 0 Å². The van der Waals surface area contributed by atoms with Gasteiger partial charge in [0.05, 0.1) is 0 Å². The van der Waals surface area contributed by atoms with Crippen LogP contribution in [0.4, 0.5) is 5.82 Å². The normalized spacial score (nSPS) is 17.9. The predicted octanol–water partition coefficient (Wildman–Crippen LogP) is 1.96. The third-order valence-corrected chi connectivity index (χ3v) is 2.99. The van der Waals surface area contributed by atoms with Gasteiger partial charge in [0.2, 0.25) is 0 Å². The van der Waals surface area contributed by atoms with Crippen molar-refractivity contribution in [2.45, 2.75) is 32.7 Å². The first kappa shape index (κ1) is 10.4. The lowest BCUT2D eigenvalue weighted by Gasteiger charge is -2.26. The highest BCUT2D eigenvalue weighted by molar-refractivity contribution is 5.39. The Balaban J connectivity index is 2.03. The van der Waals surface area contributed by atoms with Crippen LogP contribution < -0.4 is 5.73 Å². The molecular weight excluding hydrogens is 186 g/mol. The fourth-order valence-corrected chi connectivity index (χ4v) is 2.10. The summed E-state index contributed by atoms with van der Waals surface area (Å²) in [5, 5.41) is 0. The summed E-state index contributed by atoms with van der Waals surface area (Å²) >= 11 is 0. The minimum Gasteiger partial charge on any atom is -0.383 e. The molecule has 15 heavy (non-hydrogen) atoms.